The standard InChI is InChI=1S/C11H17N3O/c1-11(2,3)7-14-4-8-9(5-14)12-13-10(8)6-15/h6H,4-5,7H2,1-3H3,(H,12,13). The first-order valence-corrected chi connectivity index (χ1v) is 5.23. The third kappa shape index (κ3) is 2.09. The smallest absolute Gasteiger partial charge is 0.170 e. The molecule has 0 aromatic carbocycles. The molecule has 0 saturated heterocycles. The Labute approximate surface area is 89.7 Å². The van der Waals surface area contributed by atoms with E-state index in [9.17, 15) is 4.79 Å². The van der Waals surface area contributed by atoms with E-state index in [1.54, 1.807) is 0 Å². The summed E-state index contributed by atoms with van der Waals surface area (Å²) in [5.41, 5.74) is 3.04. The van der Waals surface area contributed by atoms with Crippen molar-refractivity contribution < 1.29 is 4.79 Å². The van der Waals surface area contributed by atoms with Crippen LogP contribution in [-0.4, -0.2) is 27.9 Å². The largest absolute Gasteiger partial charge is 0.296 e. The summed E-state index contributed by atoms with van der Waals surface area (Å²) >= 11 is 0. The molecule has 1 aliphatic rings. The second-order valence-electron chi connectivity index (χ2n) is 5.39. The third-order valence-electron chi connectivity index (χ3n) is 2.56. The molecule has 2 heterocycles. The first kappa shape index (κ1) is 10.4. The molecule has 1 aliphatic heterocycles. The van der Waals surface area contributed by atoms with E-state index < -0.39 is 0 Å². The molecule has 0 spiro atoms. The van der Waals surface area contributed by atoms with Crippen LogP contribution in [0.5, 0.6) is 0 Å². The van der Waals surface area contributed by atoms with Crippen LogP contribution in [0.4, 0.5) is 0 Å². The van der Waals surface area contributed by atoms with Crippen LogP contribution in [-0.2, 0) is 13.1 Å². The Morgan fingerprint density at radius 2 is 2.20 bits per heavy atom. The number of carbonyl (C=O) groups is 1. The van der Waals surface area contributed by atoms with Crippen molar-refractivity contribution in [2.75, 3.05) is 6.54 Å². The number of fused-ring (bicyclic) bond motifs is 1. The Kier molecular flexibility index (Phi) is 2.38. The summed E-state index contributed by atoms with van der Waals surface area (Å²) in [6.07, 6.45) is 0.829. The van der Waals surface area contributed by atoms with Crippen LogP contribution >= 0.6 is 0 Å². The second kappa shape index (κ2) is 3.45. The molecule has 0 radical (unpaired) electrons. The van der Waals surface area contributed by atoms with E-state index in [0.717, 1.165) is 37.2 Å². The summed E-state index contributed by atoms with van der Waals surface area (Å²) in [5, 5.41) is 6.90. The Bertz CT molecular complexity index is 376. The maximum atomic E-state index is 10.7. The molecule has 15 heavy (non-hydrogen) atoms. The number of nitrogens with one attached hydrogen (secondary N) is 1. The van der Waals surface area contributed by atoms with Crippen molar-refractivity contribution in [1.82, 2.24) is 15.1 Å². The van der Waals surface area contributed by atoms with E-state index in [-0.39, 0.29) is 5.41 Å². The van der Waals surface area contributed by atoms with Crippen LogP contribution in [0.25, 0.3) is 0 Å². The fraction of sp³-hybridized carbons (Fsp3) is 0.636. The Balaban J connectivity index is 2.09. The maximum absolute atomic E-state index is 10.7. The van der Waals surface area contributed by atoms with Gasteiger partial charge in [0.2, 0.25) is 0 Å². The van der Waals surface area contributed by atoms with Gasteiger partial charge in [-0.1, -0.05) is 20.8 Å². The lowest BCUT2D eigenvalue weighted by Gasteiger charge is -2.25. The molecule has 82 valence electrons. The van der Waals surface area contributed by atoms with E-state index in [1.165, 1.54) is 0 Å². The van der Waals surface area contributed by atoms with Crippen molar-refractivity contribution in [3.05, 3.63) is 17.0 Å². The van der Waals surface area contributed by atoms with Crippen molar-refractivity contribution in [2.45, 2.75) is 33.9 Å². The van der Waals surface area contributed by atoms with Crippen molar-refractivity contribution in [3.63, 3.8) is 0 Å². The van der Waals surface area contributed by atoms with Crippen molar-refractivity contribution in [3.8, 4) is 0 Å². The number of hydrogen-bond acceptors (Lipinski definition) is 3. The Hall–Kier alpha value is -1.16. The van der Waals surface area contributed by atoms with Gasteiger partial charge in [-0.2, -0.15) is 5.10 Å². The normalized spacial score (nSPS) is 16.7. The van der Waals surface area contributed by atoms with Gasteiger partial charge in [0.25, 0.3) is 0 Å². The highest BCUT2D eigenvalue weighted by atomic mass is 16.1. The number of hydrogen-bond donors (Lipinski definition) is 1. The zero-order valence-corrected chi connectivity index (χ0v) is 9.50. The lowest BCUT2D eigenvalue weighted by atomic mass is 9.96. The number of aldehydes is 1. The lowest BCUT2D eigenvalue weighted by molar-refractivity contribution is 0.111. The van der Waals surface area contributed by atoms with Gasteiger partial charge in [-0.05, 0) is 5.41 Å². The van der Waals surface area contributed by atoms with E-state index >= 15 is 0 Å². The maximum Gasteiger partial charge on any atom is 0.170 e. The first-order chi connectivity index (χ1) is 6.99. The van der Waals surface area contributed by atoms with Crippen molar-refractivity contribution in [2.24, 2.45) is 5.41 Å². The summed E-state index contributed by atoms with van der Waals surface area (Å²) in [5.74, 6) is 0. The van der Waals surface area contributed by atoms with Crippen LogP contribution in [0.15, 0.2) is 0 Å². The Morgan fingerprint density at radius 1 is 1.47 bits per heavy atom. The van der Waals surface area contributed by atoms with Gasteiger partial charge < -0.3 is 0 Å². The quantitative estimate of drug-likeness (QED) is 0.749. The fourth-order valence-electron chi connectivity index (χ4n) is 2.11. The van der Waals surface area contributed by atoms with Crippen LogP contribution in [0.2, 0.25) is 0 Å². The fourth-order valence-corrected chi connectivity index (χ4v) is 2.11. The number of rotatable bonds is 2. The van der Waals surface area contributed by atoms with Gasteiger partial charge in [0.15, 0.2) is 6.29 Å². The van der Waals surface area contributed by atoms with Crippen LogP contribution in [0, 0.1) is 5.41 Å². The molecule has 0 bridgehead atoms. The highest BCUT2D eigenvalue weighted by Gasteiger charge is 2.27. The highest BCUT2D eigenvalue weighted by Crippen LogP contribution is 2.26. The molecular formula is C11H17N3O. The topological polar surface area (TPSA) is 49.0 Å². The third-order valence-corrected chi connectivity index (χ3v) is 2.56. The van der Waals surface area contributed by atoms with Gasteiger partial charge in [-0.3, -0.25) is 14.8 Å². The van der Waals surface area contributed by atoms with Gasteiger partial charge in [0.1, 0.15) is 5.69 Å². The zero-order chi connectivity index (χ0) is 11.1. The summed E-state index contributed by atoms with van der Waals surface area (Å²) in [6.45, 7) is 9.42. The van der Waals surface area contributed by atoms with Gasteiger partial charge in [-0.15, -0.1) is 0 Å². The van der Waals surface area contributed by atoms with Crippen molar-refractivity contribution >= 4 is 6.29 Å². The molecule has 0 saturated carbocycles. The van der Waals surface area contributed by atoms with E-state index in [1.807, 2.05) is 0 Å². The number of nitrogens with zero attached hydrogens (tertiary/aromatic N) is 2. The molecule has 0 aliphatic carbocycles. The first-order valence-electron chi connectivity index (χ1n) is 5.23. The second-order valence-corrected chi connectivity index (χ2v) is 5.39. The number of H-pyrrole nitrogens is 1. The van der Waals surface area contributed by atoms with Gasteiger partial charge in [0.05, 0.1) is 5.69 Å². The summed E-state index contributed by atoms with van der Waals surface area (Å²) < 4.78 is 0. The molecule has 2 rings (SSSR count). The van der Waals surface area contributed by atoms with E-state index in [4.69, 9.17) is 0 Å². The average Bonchev–Trinajstić information content (AvgIpc) is 2.59. The average molecular weight is 207 g/mol. The molecule has 0 atom stereocenters. The van der Waals surface area contributed by atoms with Gasteiger partial charge in [0, 0.05) is 25.2 Å². The molecule has 0 unspecified atom stereocenters. The Morgan fingerprint density at radius 3 is 2.80 bits per heavy atom. The lowest BCUT2D eigenvalue weighted by Crippen LogP contribution is -2.28. The number of aromatic amines is 1. The predicted octanol–water partition coefficient (Wildman–Crippen LogP) is 1.58. The van der Waals surface area contributed by atoms with Crippen LogP contribution in [0.1, 0.15) is 42.5 Å². The minimum Gasteiger partial charge on any atom is -0.296 e. The molecule has 1 aromatic heterocycles. The minimum atomic E-state index is 0.290. The van der Waals surface area contributed by atoms with Crippen LogP contribution < -0.4 is 0 Å². The molecule has 0 fully saturated rings. The SMILES string of the molecule is CC(C)(C)CN1Cc2[nH]nc(C=O)c2C1. The molecule has 4 nitrogen and oxygen atoms in total. The highest BCUT2D eigenvalue weighted by molar-refractivity contribution is 5.74. The number of carbonyl (C=O) groups excluding carboxylic acids is 1. The summed E-state index contributed by atoms with van der Waals surface area (Å²) in [4.78, 5) is 13.1. The molecule has 0 amide bonds. The molecular weight excluding hydrogens is 190 g/mol. The van der Waals surface area contributed by atoms with Crippen molar-refractivity contribution in [1.29, 1.82) is 0 Å². The zero-order valence-electron chi connectivity index (χ0n) is 9.50. The molecule has 4 heteroatoms. The molecule has 1 aromatic rings. The summed E-state index contributed by atoms with van der Waals surface area (Å²) in [7, 11) is 0. The summed E-state index contributed by atoms with van der Waals surface area (Å²) in [6, 6.07) is 0. The van der Waals surface area contributed by atoms with Gasteiger partial charge >= 0.3 is 0 Å². The van der Waals surface area contributed by atoms with E-state index in [0.29, 0.717) is 5.69 Å². The molecule has 1 N–H and O–H groups in total. The van der Waals surface area contributed by atoms with Crippen LogP contribution in [0.3, 0.4) is 0 Å². The predicted molar refractivity (Wildman–Crippen MR) is 57.5 cm³/mol. The minimum absolute atomic E-state index is 0.290. The van der Waals surface area contributed by atoms with E-state index in [2.05, 4.69) is 35.9 Å². The number of aromatic nitrogens is 2. The van der Waals surface area contributed by atoms with Gasteiger partial charge in [-0.25, -0.2) is 0 Å². The monoisotopic (exact) mass is 207 g/mol.